The minimum atomic E-state index is 0.0760. The summed E-state index contributed by atoms with van der Waals surface area (Å²) >= 11 is 0. The van der Waals surface area contributed by atoms with Gasteiger partial charge >= 0.3 is 0 Å². The summed E-state index contributed by atoms with van der Waals surface area (Å²) in [5, 5.41) is 15.3. The number of rotatable bonds is 7. The van der Waals surface area contributed by atoms with Crippen LogP contribution in [-0.2, 0) is 11.3 Å². The van der Waals surface area contributed by atoms with Crippen molar-refractivity contribution >= 4 is 5.91 Å². The molecule has 0 spiro atoms. The maximum absolute atomic E-state index is 11.4. The van der Waals surface area contributed by atoms with E-state index in [4.69, 9.17) is 0 Å². The van der Waals surface area contributed by atoms with Crippen molar-refractivity contribution in [3.63, 3.8) is 0 Å². The highest BCUT2D eigenvalue weighted by Gasteiger charge is 2.01. The normalized spacial score (nSPS) is 10.6. The molecule has 18 heavy (non-hydrogen) atoms. The van der Waals surface area contributed by atoms with E-state index < -0.39 is 0 Å². The highest BCUT2D eigenvalue weighted by atomic mass is 16.3. The lowest BCUT2D eigenvalue weighted by atomic mass is 10.2. The highest BCUT2D eigenvalue weighted by Crippen LogP contribution is 2.10. The molecule has 4 heteroatoms. The molecule has 1 amide bonds. The third kappa shape index (κ3) is 6.25. The van der Waals surface area contributed by atoms with Crippen molar-refractivity contribution in [2.24, 2.45) is 5.92 Å². The molecule has 0 aromatic heterocycles. The second-order valence-corrected chi connectivity index (χ2v) is 4.79. The topological polar surface area (TPSA) is 61.4 Å². The molecule has 0 fully saturated rings. The van der Waals surface area contributed by atoms with Gasteiger partial charge in [0.1, 0.15) is 5.75 Å². The van der Waals surface area contributed by atoms with Gasteiger partial charge in [0.2, 0.25) is 5.91 Å². The molecule has 0 aliphatic carbocycles. The third-order valence-corrected chi connectivity index (χ3v) is 2.48. The summed E-state index contributed by atoms with van der Waals surface area (Å²) in [6.45, 7) is 6.16. The average Bonchev–Trinajstić information content (AvgIpc) is 2.32. The van der Waals surface area contributed by atoms with Gasteiger partial charge in [0, 0.05) is 26.1 Å². The van der Waals surface area contributed by atoms with Gasteiger partial charge in [0.05, 0.1) is 0 Å². The summed E-state index contributed by atoms with van der Waals surface area (Å²) in [6.07, 6.45) is 0.478. The first-order valence-corrected chi connectivity index (χ1v) is 6.33. The summed E-state index contributed by atoms with van der Waals surface area (Å²) < 4.78 is 0. The van der Waals surface area contributed by atoms with Crippen molar-refractivity contribution in [3.8, 4) is 5.75 Å². The summed E-state index contributed by atoms with van der Waals surface area (Å²) in [6, 6.07) is 7.10. The molecule has 0 saturated carbocycles. The molecule has 0 aliphatic rings. The Morgan fingerprint density at radius 2 is 2.17 bits per heavy atom. The Morgan fingerprint density at radius 1 is 1.39 bits per heavy atom. The number of aromatic hydroxyl groups is 1. The number of hydrogen-bond acceptors (Lipinski definition) is 3. The quantitative estimate of drug-likeness (QED) is 0.645. The number of nitrogens with one attached hydrogen (secondary N) is 2. The first-order valence-electron chi connectivity index (χ1n) is 6.33. The lowest BCUT2D eigenvalue weighted by Gasteiger charge is -2.08. The fourth-order valence-electron chi connectivity index (χ4n) is 1.51. The second kappa shape index (κ2) is 7.71. The van der Waals surface area contributed by atoms with Gasteiger partial charge in [0.15, 0.2) is 0 Å². The van der Waals surface area contributed by atoms with E-state index in [9.17, 15) is 9.90 Å². The third-order valence-electron chi connectivity index (χ3n) is 2.48. The predicted molar refractivity (Wildman–Crippen MR) is 72.3 cm³/mol. The number of carbonyl (C=O) groups excluding carboxylic acids is 1. The van der Waals surface area contributed by atoms with E-state index in [2.05, 4.69) is 24.5 Å². The largest absolute Gasteiger partial charge is 0.508 e. The van der Waals surface area contributed by atoms with Gasteiger partial charge < -0.3 is 15.7 Å². The molecular formula is C14H22N2O2. The van der Waals surface area contributed by atoms with Crippen molar-refractivity contribution in [2.75, 3.05) is 13.1 Å². The Balaban J connectivity index is 2.13. The molecule has 1 aromatic carbocycles. The molecule has 1 aromatic rings. The average molecular weight is 250 g/mol. The van der Waals surface area contributed by atoms with E-state index in [-0.39, 0.29) is 11.7 Å². The van der Waals surface area contributed by atoms with Crippen LogP contribution in [0.5, 0.6) is 5.75 Å². The van der Waals surface area contributed by atoms with E-state index in [0.717, 1.165) is 12.1 Å². The molecule has 4 nitrogen and oxygen atoms in total. The zero-order valence-corrected chi connectivity index (χ0v) is 11.1. The molecule has 0 unspecified atom stereocenters. The van der Waals surface area contributed by atoms with Crippen LogP contribution in [0.3, 0.4) is 0 Å². The minimum Gasteiger partial charge on any atom is -0.508 e. The van der Waals surface area contributed by atoms with Crippen molar-refractivity contribution in [2.45, 2.75) is 26.8 Å². The smallest absolute Gasteiger partial charge is 0.221 e. The van der Waals surface area contributed by atoms with Crippen LogP contribution in [0.1, 0.15) is 25.8 Å². The highest BCUT2D eigenvalue weighted by molar-refractivity contribution is 5.76. The van der Waals surface area contributed by atoms with E-state index >= 15 is 0 Å². The first-order chi connectivity index (χ1) is 8.58. The van der Waals surface area contributed by atoms with E-state index in [1.54, 1.807) is 12.1 Å². The standard InChI is InChI=1S/C14H22N2O2/c1-11(2)9-16-14(18)6-7-15-10-12-4-3-5-13(17)8-12/h3-5,8,11,15,17H,6-7,9-10H2,1-2H3,(H,16,18). The van der Waals surface area contributed by atoms with Crippen molar-refractivity contribution < 1.29 is 9.90 Å². The fourth-order valence-corrected chi connectivity index (χ4v) is 1.51. The van der Waals surface area contributed by atoms with Crippen LogP contribution in [0.25, 0.3) is 0 Å². The van der Waals surface area contributed by atoms with Crippen molar-refractivity contribution in [1.29, 1.82) is 0 Å². The molecule has 3 N–H and O–H groups in total. The van der Waals surface area contributed by atoms with Crippen LogP contribution in [0, 0.1) is 5.92 Å². The van der Waals surface area contributed by atoms with Gasteiger partial charge in [-0.3, -0.25) is 4.79 Å². The number of hydrogen-bond donors (Lipinski definition) is 3. The summed E-state index contributed by atoms with van der Waals surface area (Å²) in [5.41, 5.74) is 1.01. The van der Waals surface area contributed by atoms with Gasteiger partial charge in [0.25, 0.3) is 0 Å². The molecular weight excluding hydrogens is 228 g/mol. The van der Waals surface area contributed by atoms with Crippen LogP contribution in [0.4, 0.5) is 0 Å². The lowest BCUT2D eigenvalue weighted by molar-refractivity contribution is -0.121. The van der Waals surface area contributed by atoms with Crippen LogP contribution in [-0.4, -0.2) is 24.1 Å². The number of carbonyl (C=O) groups is 1. The van der Waals surface area contributed by atoms with Crippen LogP contribution >= 0.6 is 0 Å². The van der Waals surface area contributed by atoms with Gasteiger partial charge in [-0.15, -0.1) is 0 Å². The SMILES string of the molecule is CC(C)CNC(=O)CCNCc1cccc(O)c1. The zero-order valence-electron chi connectivity index (χ0n) is 11.1. The van der Waals surface area contributed by atoms with Gasteiger partial charge in [-0.05, 0) is 23.6 Å². The van der Waals surface area contributed by atoms with Crippen LogP contribution < -0.4 is 10.6 Å². The second-order valence-electron chi connectivity index (χ2n) is 4.79. The Bertz CT molecular complexity index is 378. The number of phenolic OH excluding ortho intramolecular Hbond substituents is 1. The summed E-state index contributed by atoms with van der Waals surface area (Å²) in [4.78, 5) is 11.4. The van der Waals surface area contributed by atoms with Crippen LogP contribution in [0.15, 0.2) is 24.3 Å². The number of amides is 1. The molecule has 0 aliphatic heterocycles. The van der Waals surface area contributed by atoms with Gasteiger partial charge in [-0.1, -0.05) is 26.0 Å². The molecule has 0 radical (unpaired) electrons. The first kappa shape index (κ1) is 14.5. The van der Waals surface area contributed by atoms with Crippen molar-refractivity contribution in [1.82, 2.24) is 10.6 Å². The molecule has 0 atom stereocenters. The predicted octanol–water partition coefficient (Wildman–Crippen LogP) is 1.64. The maximum atomic E-state index is 11.4. The Morgan fingerprint density at radius 3 is 2.83 bits per heavy atom. The molecule has 1 rings (SSSR count). The zero-order chi connectivity index (χ0) is 13.4. The van der Waals surface area contributed by atoms with E-state index in [1.807, 2.05) is 12.1 Å². The molecule has 100 valence electrons. The fraction of sp³-hybridized carbons (Fsp3) is 0.500. The van der Waals surface area contributed by atoms with E-state index in [1.165, 1.54) is 0 Å². The Labute approximate surface area is 108 Å². The van der Waals surface area contributed by atoms with E-state index in [0.29, 0.717) is 25.4 Å². The molecule has 0 heterocycles. The molecule has 0 saturated heterocycles. The molecule has 0 bridgehead atoms. The van der Waals surface area contributed by atoms with Crippen LogP contribution in [0.2, 0.25) is 0 Å². The number of phenols is 1. The summed E-state index contributed by atoms with van der Waals surface area (Å²) in [5.74, 6) is 0.824. The Hall–Kier alpha value is -1.55. The monoisotopic (exact) mass is 250 g/mol. The number of benzene rings is 1. The van der Waals surface area contributed by atoms with Gasteiger partial charge in [-0.25, -0.2) is 0 Å². The lowest BCUT2D eigenvalue weighted by Crippen LogP contribution is -2.30. The maximum Gasteiger partial charge on any atom is 0.221 e. The minimum absolute atomic E-state index is 0.0760. The van der Waals surface area contributed by atoms with Crippen molar-refractivity contribution in [3.05, 3.63) is 29.8 Å². The Kier molecular flexibility index (Phi) is 6.22. The summed E-state index contributed by atoms with van der Waals surface area (Å²) in [7, 11) is 0. The van der Waals surface area contributed by atoms with Gasteiger partial charge in [-0.2, -0.15) is 0 Å².